The van der Waals surface area contributed by atoms with E-state index in [9.17, 15) is 4.79 Å². The predicted molar refractivity (Wildman–Crippen MR) is 141 cm³/mol. The normalized spacial score (nSPS) is 14.8. The lowest BCUT2D eigenvalue weighted by atomic mass is 10.00. The molecule has 186 valence electrons. The van der Waals surface area contributed by atoms with Crippen LogP contribution in [0, 0.1) is 13.8 Å². The highest BCUT2D eigenvalue weighted by molar-refractivity contribution is 5.76. The summed E-state index contributed by atoms with van der Waals surface area (Å²) < 4.78 is 9.63. The molecule has 0 fully saturated rings. The Morgan fingerprint density at radius 2 is 1.92 bits per heavy atom. The van der Waals surface area contributed by atoms with Gasteiger partial charge in [-0.05, 0) is 57.0 Å². The van der Waals surface area contributed by atoms with E-state index in [4.69, 9.17) is 9.84 Å². The van der Waals surface area contributed by atoms with Gasteiger partial charge < -0.3 is 19.5 Å². The second-order valence-electron chi connectivity index (χ2n) is 9.16. The molecule has 1 aliphatic heterocycles. The molecular weight excluding hydrogens is 450 g/mol. The number of amides is 2. The van der Waals surface area contributed by atoms with E-state index in [2.05, 4.69) is 65.5 Å². The number of carbonyl (C=O) groups excluding carboxylic acids is 1. The minimum atomic E-state index is -0.247. The van der Waals surface area contributed by atoms with E-state index in [0.29, 0.717) is 26.3 Å². The van der Waals surface area contributed by atoms with Gasteiger partial charge in [-0.2, -0.15) is 5.10 Å². The molecule has 1 N–H and O–H groups in total. The van der Waals surface area contributed by atoms with Crippen molar-refractivity contribution in [3.8, 4) is 11.5 Å². The van der Waals surface area contributed by atoms with Crippen LogP contribution in [0.15, 0.2) is 72.9 Å². The number of carbonyl (C=O) groups is 1. The van der Waals surface area contributed by atoms with E-state index in [0.717, 1.165) is 46.0 Å². The Balaban J connectivity index is 1.61. The first-order valence-electron chi connectivity index (χ1n) is 12.6. The Kier molecular flexibility index (Phi) is 6.91. The van der Waals surface area contributed by atoms with Crippen LogP contribution in [-0.2, 0) is 11.3 Å². The summed E-state index contributed by atoms with van der Waals surface area (Å²) >= 11 is 0. The molecule has 1 aliphatic rings. The molecule has 2 aromatic carbocycles. The number of hydrogen-bond donors (Lipinski definition) is 1. The van der Waals surface area contributed by atoms with Gasteiger partial charge in [-0.25, -0.2) is 9.48 Å². The SMILES string of the molecule is CCOCCCNC(=O)N1Cc2c(C)nn(-c3ccccc3)c2-n2cccc2[C@@H]1c1cccc(C)c1. The third-order valence-corrected chi connectivity index (χ3v) is 6.65. The Morgan fingerprint density at radius 3 is 2.69 bits per heavy atom. The summed E-state index contributed by atoms with van der Waals surface area (Å²) in [4.78, 5) is 15.7. The zero-order valence-electron chi connectivity index (χ0n) is 21.1. The highest BCUT2D eigenvalue weighted by atomic mass is 16.5. The first-order chi connectivity index (χ1) is 17.6. The number of para-hydroxylation sites is 1. The largest absolute Gasteiger partial charge is 0.382 e. The Morgan fingerprint density at radius 1 is 1.08 bits per heavy atom. The number of urea groups is 1. The summed E-state index contributed by atoms with van der Waals surface area (Å²) in [5.74, 6) is 0.975. The third-order valence-electron chi connectivity index (χ3n) is 6.65. The molecule has 5 rings (SSSR count). The van der Waals surface area contributed by atoms with Crippen LogP contribution in [0.1, 0.15) is 47.5 Å². The van der Waals surface area contributed by atoms with E-state index in [1.54, 1.807) is 0 Å². The molecule has 0 bridgehead atoms. The number of hydrogen-bond acceptors (Lipinski definition) is 3. The maximum atomic E-state index is 13.7. The van der Waals surface area contributed by atoms with E-state index < -0.39 is 0 Å². The van der Waals surface area contributed by atoms with Crippen LogP contribution in [-0.4, -0.2) is 45.0 Å². The van der Waals surface area contributed by atoms with E-state index >= 15 is 0 Å². The van der Waals surface area contributed by atoms with Crippen molar-refractivity contribution in [2.45, 2.75) is 39.8 Å². The van der Waals surface area contributed by atoms with Crippen molar-refractivity contribution in [3.05, 3.63) is 101 Å². The molecule has 0 saturated carbocycles. The summed E-state index contributed by atoms with van der Waals surface area (Å²) in [7, 11) is 0. The van der Waals surface area contributed by atoms with Gasteiger partial charge in [0, 0.05) is 31.5 Å². The lowest BCUT2D eigenvalue weighted by molar-refractivity contribution is 0.143. The maximum absolute atomic E-state index is 13.7. The van der Waals surface area contributed by atoms with Crippen molar-refractivity contribution in [1.29, 1.82) is 0 Å². The zero-order chi connectivity index (χ0) is 25.1. The number of nitrogens with zero attached hydrogens (tertiary/aromatic N) is 4. The van der Waals surface area contributed by atoms with Gasteiger partial charge in [0.1, 0.15) is 5.82 Å². The van der Waals surface area contributed by atoms with Crippen LogP contribution in [0.4, 0.5) is 4.79 Å². The van der Waals surface area contributed by atoms with Crippen LogP contribution in [0.25, 0.3) is 11.5 Å². The van der Waals surface area contributed by atoms with Crippen molar-refractivity contribution in [2.24, 2.45) is 0 Å². The number of fused-ring (bicyclic) bond motifs is 3. The van der Waals surface area contributed by atoms with Crippen molar-refractivity contribution in [1.82, 2.24) is 24.6 Å². The van der Waals surface area contributed by atoms with Gasteiger partial charge in [-0.3, -0.25) is 0 Å². The van der Waals surface area contributed by atoms with Crippen LogP contribution in [0.3, 0.4) is 0 Å². The average Bonchev–Trinajstić information content (AvgIpc) is 3.44. The molecule has 7 heteroatoms. The van der Waals surface area contributed by atoms with Crippen LogP contribution in [0.2, 0.25) is 0 Å². The first kappa shape index (κ1) is 23.9. The molecule has 36 heavy (non-hydrogen) atoms. The molecule has 2 amide bonds. The second kappa shape index (κ2) is 10.4. The molecule has 0 saturated heterocycles. The monoisotopic (exact) mass is 483 g/mol. The smallest absolute Gasteiger partial charge is 0.318 e. The maximum Gasteiger partial charge on any atom is 0.318 e. The molecule has 0 radical (unpaired) electrons. The second-order valence-corrected chi connectivity index (χ2v) is 9.16. The van der Waals surface area contributed by atoms with Crippen molar-refractivity contribution >= 4 is 6.03 Å². The van der Waals surface area contributed by atoms with Crippen molar-refractivity contribution in [2.75, 3.05) is 19.8 Å². The van der Waals surface area contributed by atoms with Gasteiger partial charge in [0.25, 0.3) is 0 Å². The summed E-state index contributed by atoms with van der Waals surface area (Å²) in [6.07, 6.45) is 2.84. The molecule has 4 aromatic rings. The number of rotatable bonds is 7. The molecule has 3 heterocycles. The highest BCUT2D eigenvalue weighted by Gasteiger charge is 2.35. The minimum absolute atomic E-state index is 0.0922. The van der Waals surface area contributed by atoms with E-state index in [1.807, 2.05) is 47.7 Å². The molecule has 0 spiro atoms. The summed E-state index contributed by atoms with van der Waals surface area (Å²) in [6.45, 7) is 8.41. The van der Waals surface area contributed by atoms with Gasteiger partial charge in [0.15, 0.2) is 0 Å². The number of aromatic nitrogens is 3. The van der Waals surface area contributed by atoms with Gasteiger partial charge in [0.2, 0.25) is 0 Å². The standard InChI is InChI=1S/C29H33N5O2/c1-4-36-18-10-16-30-29(35)33-20-25-22(3)31-34(24-13-6-5-7-14-24)28(25)32-17-9-15-26(32)27(33)23-12-8-11-21(2)19-23/h5-9,11-15,17,19,27H,4,10,16,18,20H2,1-3H3,(H,30,35)/t27-/m0/s1. The molecular formula is C29H33N5O2. The molecule has 0 aliphatic carbocycles. The van der Waals surface area contributed by atoms with E-state index in [-0.39, 0.29) is 12.1 Å². The Hall–Kier alpha value is -3.84. The quantitative estimate of drug-likeness (QED) is 0.362. The first-order valence-corrected chi connectivity index (χ1v) is 12.6. The number of aryl methyl sites for hydroxylation is 2. The molecule has 0 unspecified atom stereocenters. The van der Waals surface area contributed by atoms with Gasteiger partial charge in [-0.1, -0.05) is 48.0 Å². The van der Waals surface area contributed by atoms with Crippen molar-refractivity contribution < 1.29 is 9.53 Å². The fourth-order valence-electron chi connectivity index (χ4n) is 4.96. The fraction of sp³-hybridized carbons (Fsp3) is 0.310. The molecule has 2 aromatic heterocycles. The third kappa shape index (κ3) is 4.54. The fourth-order valence-corrected chi connectivity index (χ4v) is 4.96. The Labute approximate surface area is 212 Å². The number of ether oxygens (including phenoxy) is 1. The van der Waals surface area contributed by atoms with E-state index in [1.165, 1.54) is 0 Å². The number of nitrogens with one attached hydrogen (secondary N) is 1. The molecule has 7 nitrogen and oxygen atoms in total. The zero-order valence-corrected chi connectivity index (χ0v) is 21.1. The summed E-state index contributed by atoms with van der Waals surface area (Å²) in [5.41, 5.74) is 6.21. The van der Waals surface area contributed by atoms with Crippen LogP contribution < -0.4 is 5.32 Å². The van der Waals surface area contributed by atoms with Gasteiger partial charge in [0.05, 0.1) is 29.7 Å². The lowest BCUT2D eigenvalue weighted by Gasteiger charge is -2.31. The van der Waals surface area contributed by atoms with Gasteiger partial charge >= 0.3 is 6.03 Å². The molecule has 1 atom stereocenters. The Bertz CT molecular complexity index is 1340. The summed E-state index contributed by atoms with van der Waals surface area (Å²) in [6, 6.07) is 22.4. The van der Waals surface area contributed by atoms with Crippen LogP contribution in [0.5, 0.6) is 0 Å². The van der Waals surface area contributed by atoms with Gasteiger partial charge in [-0.15, -0.1) is 0 Å². The highest BCUT2D eigenvalue weighted by Crippen LogP contribution is 2.38. The predicted octanol–water partition coefficient (Wildman–Crippen LogP) is 5.32. The van der Waals surface area contributed by atoms with Crippen LogP contribution >= 0.6 is 0 Å². The topological polar surface area (TPSA) is 64.3 Å². The average molecular weight is 484 g/mol. The summed E-state index contributed by atoms with van der Waals surface area (Å²) in [5, 5.41) is 8.04. The lowest BCUT2D eigenvalue weighted by Crippen LogP contribution is -2.42. The number of benzene rings is 2. The van der Waals surface area contributed by atoms with Crippen molar-refractivity contribution in [3.63, 3.8) is 0 Å². The minimum Gasteiger partial charge on any atom is -0.382 e.